The minimum atomic E-state index is -0.478. The Labute approximate surface area is 120 Å². The second kappa shape index (κ2) is 5.79. The Balaban J connectivity index is 1.89. The Morgan fingerprint density at radius 1 is 1.45 bits per heavy atom. The number of urea groups is 1. The Morgan fingerprint density at radius 3 is 2.80 bits per heavy atom. The first-order valence-electron chi connectivity index (χ1n) is 5.90. The molecule has 0 saturated carbocycles. The lowest BCUT2D eigenvalue weighted by molar-refractivity contribution is -0.125. The molecule has 1 aliphatic heterocycles. The van der Waals surface area contributed by atoms with Gasteiger partial charge in [0.05, 0.1) is 17.9 Å². The summed E-state index contributed by atoms with van der Waals surface area (Å²) < 4.78 is 0. The zero-order chi connectivity index (χ0) is 14.7. The van der Waals surface area contributed by atoms with E-state index in [0.29, 0.717) is 16.4 Å². The van der Waals surface area contributed by atoms with Crippen molar-refractivity contribution in [3.63, 3.8) is 0 Å². The Morgan fingerprint density at radius 2 is 2.20 bits per heavy atom. The highest BCUT2D eigenvalue weighted by atomic mass is 35.5. The molecule has 1 aliphatic rings. The maximum atomic E-state index is 11.8. The molecule has 2 rings (SSSR count). The van der Waals surface area contributed by atoms with Crippen LogP contribution >= 0.6 is 11.6 Å². The van der Waals surface area contributed by atoms with Crippen molar-refractivity contribution in [3.05, 3.63) is 23.2 Å². The molecule has 1 aromatic rings. The minimum absolute atomic E-state index is 0.00122. The van der Waals surface area contributed by atoms with E-state index in [1.54, 1.807) is 12.1 Å². The van der Waals surface area contributed by atoms with Gasteiger partial charge in [-0.2, -0.15) is 0 Å². The summed E-state index contributed by atoms with van der Waals surface area (Å²) >= 11 is 5.75. The Kier molecular flexibility index (Phi) is 4.09. The largest absolute Gasteiger partial charge is 0.397 e. The molecule has 1 fully saturated rings. The number of hydrogen-bond donors (Lipinski definition) is 3. The molecule has 1 heterocycles. The molecule has 0 aromatic heterocycles. The molecule has 0 bridgehead atoms. The number of nitrogens with one attached hydrogen (secondary N) is 2. The summed E-state index contributed by atoms with van der Waals surface area (Å²) in [6, 6.07) is 4.23. The highest BCUT2D eigenvalue weighted by Gasteiger charge is 2.28. The molecule has 0 radical (unpaired) electrons. The number of rotatable bonds is 4. The topological polar surface area (TPSA) is 105 Å². The standard InChI is InChI=1S/C12H13ClN4O3/c13-7-1-2-9(8(14)5-7)16-10(18)3-4-17-11(19)6-15-12(17)20/h1-2,5H,3-4,6,14H2,(H,15,20)(H,16,18). The van der Waals surface area contributed by atoms with Crippen molar-refractivity contribution in [2.24, 2.45) is 0 Å². The van der Waals surface area contributed by atoms with Gasteiger partial charge in [0.15, 0.2) is 0 Å². The van der Waals surface area contributed by atoms with Crippen LogP contribution in [0.3, 0.4) is 0 Å². The second-order valence-electron chi connectivity index (χ2n) is 4.23. The molecule has 0 unspecified atom stereocenters. The van der Waals surface area contributed by atoms with Crippen molar-refractivity contribution < 1.29 is 14.4 Å². The van der Waals surface area contributed by atoms with Crippen LogP contribution in [0.15, 0.2) is 18.2 Å². The van der Waals surface area contributed by atoms with Gasteiger partial charge in [0.1, 0.15) is 0 Å². The molecule has 4 amide bonds. The van der Waals surface area contributed by atoms with Crippen LogP contribution in [0.5, 0.6) is 0 Å². The molecule has 7 nitrogen and oxygen atoms in total. The first-order chi connectivity index (χ1) is 9.47. The van der Waals surface area contributed by atoms with Crippen LogP contribution in [0.2, 0.25) is 5.02 Å². The third-order valence-corrected chi connectivity index (χ3v) is 3.02. The van der Waals surface area contributed by atoms with E-state index in [1.165, 1.54) is 6.07 Å². The quantitative estimate of drug-likeness (QED) is 0.564. The molecule has 1 saturated heterocycles. The van der Waals surface area contributed by atoms with Gasteiger partial charge in [-0.15, -0.1) is 0 Å². The Hall–Kier alpha value is -2.28. The van der Waals surface area contributed by atoms with Crippen LogP contribution < -0.4 is 16.4 Å². The summed E-state index contributed by atoms with van der Waals surface area (Å²) in [5.74, 6) is -0.680. The summed E-state index contributed by atoms with van der Waals surface area (Å²) in [7, 11) is 0. The molecule has 0 aliphatic carbocycles. The number of amides is 4. The molecule has 1 aromatic carbocycles. The van der Waals surface area contributed by atoms with Crippen molar-refractivity contribution in [1.82, 2.24) is 10.2 Å². The van der Waals surface area contributed by atoms with Crippen LogP contribution in [-0.2, 0) is 9.59 Å². The predicted molar refractivity (Wildman–Crippen MR) is 74.2 cm³/mol. The number of anilines is 2. The third kappa shape index (κ3) is 3.18. The zero-order valence-electron chi connectivity index (χ0n) is 10.5. The van der Waals surface area contributed by atoms with Crippen LogP contribution in [0.25, 0.3) is 0 Å². The van der Waals surface area contributed by atoms with Gasteiger partial charge in [0.25, 0.3) is 0 Å². The van der Waals surface area contributed by atoms with E-state index in [-0.39, 0.29) is 31.3 Å². The summed E-state index contributed by atoms with van der Waals surface area (Å²) in [5, 5.41) is 5.45. The second-order valence-corrected chi connectivity index (χ2v) is 4.67. The maximum Gasteiger partial charge on any atom is 0.324 e. The maximum absolute atomic E-state index is 11.8. The lowest BCUT2D eigenvalue weighted by atomic mass is 10.2. The van der Waals surface area contributed by atoms with E-state index >= 15 is 0 Å². The molecular weight excluding hydrogens is 284 g/mol. The molecule has 8 heteroatoms. The van der Waals surface area contributed by atoms with Gasteiger partial charge in [0, 0.05) is 18.0 Å². The summed E-state index contributed by atoms with van der Waals surface area (Å²) in [6.45, 7) is 0.00851. The summed E-state index contributed by atoms with van der Waals surface area (Å²) in [5.41, 5.74) is 6.49. The van der Waals surface area contributed by atoms with Crippen molar-refractivity contribution in [2.45, 2.75) is 6.42 Å². The first-order valence-corrected chi connectivity index (χ1v) is 6.28. The molecule has 0 atom stereocenters. The molecular formula is C12H13ClN4O3. The minimum Gasteiger partial charge on any atom is -0.397 e. The number of carbonyl (C=O) groups is 3. The average Bonchev–Trinajstić information content (AvgIpc) is 2.70. The Bertz CT molecular complexity index is 560. The summed E-state index contributed by atoms with van der Waals surface area (Å²) in [6.07, 6.45) is 0.00122. The lowest BCUT2D eigenvalue weighted by Gasteiger charge is -2.12. The molecule has 20 heavy (non-hydrogen) atoms. The van der Waals surface area contributed by atoms with Crippen molar-refractivity contribution in [2.75, 3.05) is 24.1 Å². The summed E-state index contributed by atoms with van der Waals surface area (Å²) in [4.78, 5) is 35.4. The number of nitrogens with zero attached hydrogens (tertiary/aromatic N) is 1. The van der Waals surface area contributed by atoms with E-state index in [1.807, 2.05) is 0 Å². The normalized spacial score (nSPS) is 14.3. The van der Waals surface area contributed by atoms with Crippen LogP contribution in [-0.4, -0.2) is 35.8 Å². The van der Waals surface area contributed by atoms with E-state index in [0.717, 1.165) is 4.90 Å². The predicted octanol–water partition coefficient (Wildman–Crippen LogP) is 0.803. The van der Waals surface area contributed by atoms with Gasteiger partial charge in [-0.25, -0.2) is 4.79 Å². The van der Waals surface area contributed by atoms with E-state index < -0.39 is 6.03 Å². The van der Waals surface area contributed by atoms with Crippen LogP contribution in [0, 0.1) is 0 Å². The number of carbonyl (C=O) groups excluding carboxylic acids is 3. The zero-order valence-corrected chi connectivity index (χ0v) is 11.2. The number of imide groups is 1. The van der Waals surface area contributed by atoms with E-state index in [2.05, 4.69) is 10.6 Å². The highest BCUT2D eigenvalue weighted by Crippen LogP contribution is 2.22. The van der Waals surface area contributed by atoms with Gasteiger partial charge in [-0.05, 0) is 18.2 Å². The van der Waals surface area contributed by atoms with Crippen molar-refractivity contribution in [3.8, 4) is 0 Å². The number of benzene rings is 1. The fraction of sp³-hybridized carbons (Fsp3) is 0.250. The highest BCUT2D eigenvalue weighted by molar-refractivity contribution is 6.31. The van der Waals surface area contributed by atoms with Crippen molar-refractivity contribution in [1.29, 1.82) is 0 Å². The third-order valence-electron chi connectivity index (χ3n) is 2.79. The first kappa shape index (κ1) is 14.1. The van der Waals surface area contributed by atoms with Gasteiger partial charge in [0.2, 0.25) is 11.8 Å². The van der Waals surface area contributed by atoms with Gasteiger partial charge in [-0.1, -0.05) is 11.6 Å². The van der Waals surface area contributed by atoms with E-state index in [4.69, 9.17) is 17.3 Å². The number of halogens is 1. The molecule has 106 valence electrons. The van der Waals surface area contributed by atoms with Gasteiger partial charge >= 0.3 is 6.03 Å². The molecule has 4 N–H and O–H groups in total. The SMILES string of the molecule is Nc1cc(Cl)ccc1NC(=O)CCN1C(=O)CNC1=O. The van der Waals surface area contributed by atoms with Crippen molar-refractivity contribution >= 4 is 40.8 Å². The fourth-order valence-electron chi connectivity index (χ4n) is 1.76. The molecule has 0 spiro atoms. The average molecular weight is 297 g/mol. The lowest BCUT2D eigenvalue weighted by Crippen LogP contribution is -2.33. The van der Waals surface area contributed by atoms with E-state index in [9.17, 15) is 14.4 Å². The van der Waals surface area contributed by atoms with Crippen LogP contribution in [0.1, 0.15) is 6.42 Å². The number of hydrogen-bond acceptors (Lipinski definition) is 4. The van der Waals surface area contributed by atoms with Gasteiger partial charge in [-0.3, -0.25) is 14.5 Å². The van der Waals surface area contributed by atoms with Crippen LogP contribution in [0.4, 0.5) is 16.2 Å². The van der Waals surface area contributed by atoms with Gasteiger partial charge < -0.3 is 16.4 Å². The smallest absolute Gasteiger partial charge is 0.324 e. The number of nitrogens with two attached hydrogens (primary N) is 1. The monoisotopic (exact) mass is 296 g/mol. The fourth-order valence-corrected chi connectivity index (χ4v) is 1.94. The number of nitrogen functional groups attached to an aromatic ring is 1.